The lowest BCUT2D eigenvalue weighted by Crippen LogP contribution is -2.48. The number of carbonyl (C=O) groups excluding carboxylic acids is 3. The standard InChI is InChI=1S/C13H23N3O4/c1-4-10(5-2)15(6-7-17)12(19)9-16-11(18)8-14(3)13(16)20/h10,17H,4-9H2,1-3H3. The Labute approximate surface area is 119 Å². The highest BCUT2D eigenvalue weighted by molar-refractivity contribution is 6.04. The number of aliphatic hydroxyl groups excluding tert-OH is 1. The zero-order valence-electron chi connectivity index (χ0n) is 12.3. The van der Waals surface area contributed by atoms with E-state index in [1.54, 1.807) is 4.90 Å². The fraction of sp³-hybridized carbons (Fsp3) is 0.769. The number of urea groups is 1. The molecule has 20 heavy (non-hydrogen) atoms. The van der Waals surface area contributed by atoms with Crippen LogP contribution in [0.15, 0.2) is 0 Å². The van der Waals surface area contributed by atoms with Crippen LogP contribution in [0.1, 0.15) is 26.7 Å². The number of nitrogens with zero attached hydrogens (tertiary/aromatic N) is 3. The smallest absolute Gasteiger partial charge is 0.327 e. The van der Waals surface area contributed by atoms with Crippen LogP contribution in [-0.2, 0) is 9.59 Å². The van der Waals surface area contributed by atoms with Crippen molar-refractivity contribution in [2.45, 2.75) is 32.7 Å². The second kappa shape index (κ2) is 7.23. The van der Waals surface area contributed by atoms with Gasteiger partial charge in [0.25, 0.3) is 5.91 Å². The number of hydrogen-bond acceptors (Lipinski definition) is 4. The van der Waals surface area contributed by atoms with E-state index in [2.05, 4.69) is 0 Å². The molecular formula is C13H23N3O4. The first kappa shape index (κ1) is 16.4. The Hall–Kier alpha value is -1.63. The lowest BCUT2D eigenvalue weighted by molar-refractivity contribution is -0.138. The molecule has 0 aromatic heterocycles. The highest BCUT2D eigenvalue weighted by atomic mass is 16.3. The van der Waals surface area contributed by atoms with Gasteiger partial charge in [-0.2, -0.15) is 0 Å². The SMILES string of the molecule is CCC(CC)N(CCO)C(=O)CN1C(=O)CN(C)C1=O. The van der Waals surface area contributed by atoms with E-state index in [0.29, 0.717) is 0 Å². The van der Waals surface area contributed by atoms with Gasteiger partial charge in [0.1, 0.15) is 13.1 Å². The van der Waals surface area contributed by atoms with E-state index in [1.165, 1.54) is 11.9 Å². The van der Waals surface area contributed by atoms with Crippen molar-refractivity contribution in [1.82, 2.24) is 14.7 Å². The second-order valence-corrected chi connectivity index (χ2v) is 4.90. The Morgan fingerprint density at radius 2 is 1.95 bits per heavy atom. The molecule has 0 aliphatic carbocycles. The zero-order valence-corrected chi connectivity index (χ0v) is 12.3. The minimum atomic E-state index is -0.447. The van der Waals surface area contributed by atoms with E-state index >= 15 is 0 Å². The Bertz CT molecular complexity index is 382. The minimum Gasteiger partial charge on any atom is -0.395 e. The Morgan fingerprint density at radius 1 is 1.35 bits per heavy atom. The Kier molecular flexibility index (Phi) is 5.94. The molecular weight excluding hydrogens is 262 g/mol. The number of imide groups is 1. The molecule has 0 bridgehead atoms. The molecule has 7 heteroatoms. The fourth-order valence-corrected chi connectivity index (χ4v) is 2.40. The van der Waals surface area contributed by atoms with Crippen LogP contribution in [0.2, 0.25) is 0 Å². The van der Waals surface area contributed by atoms with Crippen molar-refractivity contribution < 1.29 is 19.5 Å². The second-order valence-electron chi connectivity index (χ2n) is 4.90. The average Bonchev–Trinajstić information content (AvgIpc) is 2.65. The molecule has 1 aliphatic heterocycles. The van der Waals surface area contributed by atoms with Crippen molar-refractivity contribution in [3.8, 4) is 0 Å². The Balaban J connectivity index is 2.76. The van der Waals surface area contributed by atoms with Gasteiger partial charge in [0, 0.05) is 19.6 Å². The van der Waals surface area contributed by atoms with Gasteiger partial charge in [0.05, 0.1) is 6.61 Å². The summed E-state index contributed by atoms with van der Waals surface area (Å²) >= 11 is 0. The lowest BCUT2D eigenvalue weighted by Gasteiger charge is -2.31. The van der Waals surface area contributed by atoms with Crippen molar-refractivity contribution in [2.24, 2.45) is 0 Å². The number of rotatable bonds is 7. The molecule has 1 heterocycles. The monoisotopic (exact) mass is 285 g/mol. The van der Waals surface area contributed by atoms with E-state index < -0.39 is 6.03 Å². The van der Waals surface area contributed by atoms with Gasteiger partial charge in [-0.05, 0) is 12.8 Å². The van der Waals surface area contributed by atoms with Crippen LogP contribution in [0.25, 0.3) is 0 Å². The van der Waals surface area contributed by atoms with Crippen LogP contribution in [0.5, 0.6) is 0 Å². The molecule has 0 saturated carbocycles. The Morgan fingerprint density at radius 3 is 2.35 bits per heavy atom. The summed E-state index contributed by atoms with van der Waals surface area (Å²) in [4.78, 5) is 39.5. The summed E-state index contributed by atoms with van der Waals surface area (Å²) in [6.07, 6.45) is 1.54. The van der Waals surface area contributed by atoms with Gasteiger partial charge in [-0.15, -0.1) is 0 Å². The third-order valence-electron chi connectivity index (χ3n) is 3.57. The largest absolute Gasteiger partial charge is 0.395 e. The molecule has 4 amide bonds. The molecule has 1 saturated heterocycles. The fourth-order valence-electron chi connectivity index (χ4n) is 2.40. The molecule has 1 fully saturated rings. The maximum absolute atomic E-state index is 12.3. The number of likely N-dealkylation sites (N-methyl/N-ethyl adjacent to an activating group) is 1. The lowest BCUT2D eigenvalue weighted by atomic mass is 10.1. The summed E-state index contributed by atoms with van der Waals surface area (Å²) in [5.74, 6) is -0.663. The van der Waals surface area contributed by atoms with E-state index in [0.717, 1.165) is 17.7 Å². The highest BCUT2D eigenvalue weighted by Gasteiger charge is 2.36. The van der Waals surface area contributed by atoms with Crippen LogP contribution >= 0.6 is 0 Å². The normalized spacial score (nSPS) is 15.4. The summed E-state index contributed by atoms with van der Waals surface area (Å²) in [6.45, 7) is 3.77. The average molecular weight is 285 g/mol. The first-order chi connectivity index (χ1) is 9.46. The van der Waals surface area contributed by atoms with Crippen LogP contribution in [0.3, 0.4) is 0 Å². The quantitative estimate of drug-likeness (QED) is 0.662. The van der Waals surface area contributed by atoms with E-state index in [9.17, 15) is 14.4 Å². The summed E-state index contributed by atoms with van der Waals surface area (Å²) in [7, 11) is 1.52. The molecule has 0 radical (unpaired) electrons. The van der Waals surface area contributed by atoms with Crippen LogP contribution < -0.4 is 0 Å². The molecule has 7 nitrogen and oxygen atoms in total. The van der Waals surface area contributed by atoms with Gasteiger partial charge in [0.2, 0.25) is 5.91 Å². The van der Waals surface area contributed by atoms with Gasteiger partial charge < -0.3 is 14.9 Å². The molecule has 0 aromatic rings. The molecule has 1 N–H and O–H groups in total. The summed E-state index contributed by atoms with van der Waals surface area (Å²) in [6, 6.07) is -0.433. The topological polar surface area (TPSA) is 81.2 Å². The predicted molar refractivity (Wildman–Crippen MR) is 72.9 cm³/mol. The summed E-state index contributed by atoms with van der Waals surface area (Å²) in [5.41, 5.74) is 0. The molecule has 114 valence electrons. The van der Waals surface area contributed by atoms with Crippen molar-refractivity contribution in [2.75, 3.05) is 33.3 Å². The van der Waals surface area contributed by atoms with Crippen molar-refractivity contribution >= 4 is 17.8 Å². The predicted octanol–water partition coefficient (Wildman–Crippen LogP) is -0.110. The van der Waals surface area contributed by atoms with E-state index in [4.69, 9.17) is 5.11 Å². The maximum Gasteiger partial charge on any atom is 0.327 e. The molecule has 1 rings (SSSR count). The molecule has 0 unspecified atom stereocenters. The number of aliphatic hydroxyl groups is 1. The first-order valence-electron chi connectivity index (χ1n) is 6.91. The molecule has 0 aromatic carbocycles. The van der Waals surface area contributed by atoms with Gasteiger partial charge in [-0.25, -0.2) is 4.79 Å². The van der Waals surface area contributed by atoms with Crippen LogP contribution in [-0.4, -0.2) is 77.0 Å². The molecule has 1 aliphatic rings. The summed E-state index contributed by atoms with van der Waals surface area (Å²) in [5, 5.41) is 9.08. The number of carbonyl (C=O) groups is 3. The number of hydrogen-bond donors (Lipinski definition) is 1. The van der Waals surface area contributed by atoms with Gasteiger partial charge in [0.15, 0.2) is 0 Å². The maximum atomic E-state index is 12.3. The zero-order chi connectivity index (χ0) is 15.3. The van der Waals surface area contributed by atoms with E-state index in [1.807, 2.05) is 13.8 Å². The van der Waals surface area contributed by atoms with Crippen molar-refractivity contribution in [1.29, 1.82) is 0 Å². The third-order valence-corrected chi connectivity index (χ3v) is 3.57. The molecule has 0 atom stereocenters. The number of amides is 4. The van der Waals surface area contributed by atoms with Crippen molar-refractivity contribution in [3.05, 3.63) is 0 Å². The van der Waals surface area contributed by atoms with Crippen molar-refractivity contribution in [3.63, 3.8) is 0 Å². The molecule has 0 spiro atoms. The van der Waals surface area contributed by atoms with Gasteiger partial charge >= 0.3 is 6.03 Å². The van der Waals surface area contributed by atoms with Crippen LogP contribution in [0, 0.1) is 0 Å². The minimum absolute atomic E-state index is 0.0110. The van der Waals surface area contributed by atoms with E-state index in [-0.39, 0.29) is 44.1 Å². The first-order valence-corrected chi connectivity index (χ1v) is 6.91. The van der Waals surface area contributed by atoms with Gasteiger partial charge in [-0.3, -0.25) is 14.5 Å². The summed E-state index contributed by atoms with van der Waals surface area (Å²) < 4.78 is 0. The van der Waals surface area contributed by atoms with Crippen LogP contribution in [0.4, 0.5) is 4.79 Å². The highest BCUT2D eigenvalue weighted by Crippen LogP contribution is 2.12. The third kappa shape index (κ3) is 3.47. The van der Waals surface area contributed by atoms with Gasteiger partial charge in [-0.1, -0.05) is 13.8 Å².